The molecule has 0 saturated carbocycles. The van der Waals surface area contributed by atoms with Gasteiger partial charge in [0, 0.05) is 78.9 Å². The lowest BCUT2D eigenvalue weighted by atomic mass is 9.96. The number of benzene rings is 2. The van der Waals surface area contributed by atoms with Gasteiger partial charge in [-0.25, -0.2) is 9.18 Å². The number of amides is 1. The third kappa shape index (κ3) is 4.87. The highest BCUT2D eigenvalue weighted by molar-refractivity contribution is 7.99. The third-order valence-electron chi connectivity index (χ3n) is 9.52. The van der Waals surface area contributed by atoms with Crippen LogP contribution in [-0.2, 0) is 22.3 Å². The summed E-state index contributed by atoms with van der Waals surface area (Å²) in [7, 11) is 0. The van der Waals surface area contributed by atoms with Crippen molar-refractivity contribution < 1.29 is 27.1 Å². The zero-order chi connectivity index (χ0) is 31.1. The van der Waals surface area contributed by atoms with Crippen molar-refractivity contribution in [1.29, 1.82) is 0 Å². The molecule has 3 saturated heterocycles. The summed E-state index contributed by atoms with van der Waals surface area (Å²) in [6.45, 7) is 7.52. The number of fused-ring (bicyclic) bond motifs is 2. The number of aromatic nitrogens is 2. The molecule has 1 unspecified atom stereocenters. The van der Waals surface area contributed by atoms with Gasteiger partial charge in [0.2, 0.25) is 5.91 Å². The molecule has 7 rings (SSSR count). The summed E-state index contributed by atoms with van der Waals surface area (Å²) in [5, 5.41) is 0.243. The number of alkyl halides is 3. The Labute approximate surface area is 256 Å². The van der Waals surface area contributed by atoms with Crippen LogP contribution in [0.25, 0.3) is 22.0 Å². The molecule has 44 heavy (non-hydrogen) atoms. The summed E-state index contributed by atoms with van der Waals surface area (Å²) in [6.07, 6.45) is -3.72. The summed E-state index contributed by atoms with van der Waals surface area (Å²) in [6, 6.07) is 5.69. The van der Waals surface area contributed by atoms with Crippen molar-refractivity contribution in [2.24, 2.45) is 0 Å². The second-order valence-electron chi connectivity index (χ2n) is 12.4. The van der Waals surface area contributed by atoms with Crippen LogP contribution in [0.2, 0.25) is 0 Å². The quantitative estimate of drug-likeness (QED) is 0.391. The van der Waals surface area contributed by atoms with E-state index < -0.39 is 23.2 Å². The number of likely N-dealkylation sites (tertiary alicyclic amines) is 1. The topological polar surface area (TPSA) is 70.9 Å². The third-order valence-corrected chi connectivity index (χ3v) is 10.8. The number of hydrogen-bond acceptors (Lipinski definition) is 7. The molecule has 5 atom stereocenters. The maximum absolute atomic E-state index is 15.0. The second-order valence-corrected chi connectivity index (χ2v) is 13.4. The van der Waals surface area contributed by atoms with Crippen LogP contribution in [0.5, 0.6) is 0 Å². The average molecular weight is 632 g/mol. The number of ether oxygens (including phenoxy) is 1. The molecule has 8 nitrogen and oxygen atoms in total. The van der Waals surface area contributed by atoms with E-state index in [2.05, 4.69) is 9.88 Å². The van der Waals surface area contributed by atoms with E-state index in [-0.39, 0.29) is 65.1 Å². The largest absolute Gasteiger partial charge is 0.417 e. The highest BCUT2D eigenvalue weighted by atomic mass is 32.2. The molecule has 2 bridgehead atoms. The van der Waals surface area contributed by atoms with E-state index in [1.54, 1.807) is 9.47 Å². The van der Waals surface area contributed by atoms with Gasteiger partial charge in [-0.3, -0.25) is 14.3 Å². The highest BCUT2D eigenvalue weighted by Crippen LogP contribution is 2.49. The molecule has 0 radical (unpaired) electrons. The van der Waals surface area contributed by atoms with Gasteiger partial charge in [0.25, 0.3) is 0 Å². The lowest BCUT2D eigenvalue weighted by Crippen LogP contribution is -2.58. The summed E-state index contributed by atoms with van der Waals surface area (Å²) in [5.41, 5.74) is -0.808. The first-order chi connectivity index (χ1) is 20.9. The SMILES string of the molecule is CC(=O)N1C[C@H](C)N(c2nc(=O)n3c4c(c(-c5ccc(F)cc5)c(C(F)(F)F)cc24)SCC(N2C[C@@H]4C[C@H]2CO4)C3)C[C@H]1C. The van der Waals surface area contributed by atoms with Crippen molar-refractivity contribution in [3.63, 3.8) is 0 Å². The normalized spacial score (nSPS) is 27.3. The first-order valence-corrected chi connectivity index (χ1v) is 15.9. The highest BCUT2D eigenvalue weighted by Gasteiger charge is 2.44. The van der Waals surface area contributed by atoms with Crippen LogP contribution < -0.4 is 10.6 Å². The van der Waals surface area contributed by atoms with E-state index in [9.17, 15) is 27.2 Å². The van der Waals surface area contributed by atoms with Gasteiger partial charge in [-0.2, -0.15) is 18.2 Å². The fraction of sp³-hybridized carbons (Fsp3) is 0.516. The Balaban J connectivity index is 1.47. The fourth-order valence-electron chi connectivity index (χ4n) is 7.43. The Bertz CT molecular complexity index is 1700. The van der Waals surface area contributed by atoms with Gasteiger partial charge in [0.15, 0.2) is 0 Å². The van der Waals surface area contributed by atoms with Crippen LogP contribution in [0, 0.1) is 5.82 Å². The standard InChI is InChI=1S/C31H33F4N5O3S/c1-16-11-38(17(2)10-37(16)18(3)41)29-24-9-25(31(33,34)35)26(19-4-6-20(32)7-5-19)28-27(24)40(30(42)36-29)12-22(15-44-28)39-13-23-8-21(39)14-43-23/h4-7,9,16-17,21-23H,8,10-15H2,1-3H3/t16-,17+,21+,22?,23+/m1/s1. The predicted octanol–water partition coefficient (Wildman–Crippen LogP) is 4.61. The van der Waals surface area contributed by atoms with E-state index in [1.165, 1.54) is 30.8 Å². The Morgan fingerprint density at radius 1 is 1.05 bits per heavy atom. The molecule has 13 heteroatoms. The minimum Gasteiger partial charge on any atom is -0.375 e. The summed E-state index contributed by atoms with van der Waals surface area (Å²) < 4.78 is 66.2. The lowest BCUT2D eigenvalue weighted by Gasteiger charge is -2.44. The Morgan fingerprint density at radius 3 is 2.43 bits per heavy atom. The van der Waals surface area contributed by atoms with E-state index in [0.29, 0.717) is 42.4 Å². The maximum atomic E-state index is 15.0. The number of carbonyl (C=O) groups excluding carboxylic acids is 1. The van der Waals surface area contributed by atoms with Crippen LogP contribution >= 0.6 is 11.8 Å². The molecule has 3 fully saturated rings. The van der Waals surface area contributed by atoms with Crippen molar-refractivity contribution in [3.05, 3.63) is 52.2 Å². The zero-order valence-electron chi connectivity index (χ0n) is 24.6. The molecule has 3 aromatic rings. The number of halogens is 4. The fourth-order valence-corrected chi connectivity index (χ4v) is 8.81. The molecule has 0 N–H and O–H groups in total. The lowest BCUT2D eigenvalue weighted by molar-refractivity contribution is -0.137. The van der Waals surface area contributed by atoms with Gasteiger partial charge >= 0.3 is 11.9 Å². The molecule has 5 heterocycles. The van der Waals surface area contributed by atoms with Crippen LogP contribution in [-0.4, -0.2) is 87.5 Å². The smallest absolute Gasteiger partial charge is 0.375 e. The zero-order valence-corrected chi connectivity index (χ0v) is 25.4. The van der Waals surface area contributed by atoms with E-state index in [4.69, 9.17) is 4.74 Å². The van der Waals surface area contributed by atoms with Crippen molar-refractivity contribution >= 4 is 34.4 Å². The molecule has 1 aromatic heterocycles. The maximum Gasteiger partial charge on any atom is 0.417 e. The minimum atomic E-state index is -4.74. The summed E-state index contributed by atoms with van der Waals surface area (Å²) in [4.78, 5) is 36.9. The molecule has 234 valence electrons. The van der Waals surface area contributed by atoms with Crippen LogP contribution in [0.4, 0.5) is 23.4 Å². The van der Waals surface area contributed by atoms with E-state index in [0.717, 1.165) is 24.6 Å². The number of nitrogens with zero attached hydrogens (tertiary/aromatic N) is 5. The predicted molar refractivity (Wildman–Crippen MR) is 159 cm³/mol. The molecule has 0 spiro atoms. The van der Waals surface area contributed by atoms with Gasteiger partial charge < -0.3 is 14.5 Å². The number of piperazine rings is 1. The van der Waals surface area contributed by atoms with E-state index in [1.807, 2.05) is 18.7 Å². The number of hydrogen-bond donors (Lipinski definition) is 0. The van der Waals surface area contributed by atoms with Crippen molar-refractivity contribution in [1.82, 2.24) is 19.4 Å². The number of anilines is 1. The van der Waals surface area contributed by atoms with E-state index >= 15 is 0 Å². The summed E-state index contributed by atoms with van der Waals surface area (Å²) in [5.74, 6) is 0.0184. The number of carbonyl (C=O) groups is 1. The monoisotopic (exact) mass is 631 g/mol. The Kier molecular flexibility index (Phi) is 7.21. The summed E-state index contributed by atoms with van der Waals surface area (Å²) >= 11 is 1.31. The van der Waals surface area contributed by atoms with Gasteiger partial charge in [-0.05, 0) is 44.0 Å². The first-order valence-electron chi connectivity index (χ1n) is 14.9. The average Bonchev–Trinajstić information content (AvgIpc) is 3.55. The molecular weight excluding hydrogens is 598 g/mol. The molecule has 4 aliphatic heterocycles. The van der Waals surface area contributed by atoms with Gasteiger partial charge in [0.05, 0.1) is 23.8 Å². The van der Waals surface area contributed by atoms with Gasteiger partial charge in [0.1, 0.15) is 11.6 Å². The minimum absolute atomic E-state index is 0.0601. The van der Waals surface area contributed by atoms with Gasteiger partial charge in [-0.15, -0.1) is 11.8 Å². The first kappa shape index (κ1) is 29.5. The molecule has 0 aliphatic carbocycles. The van der Waals surface area contributed by atoms with Crippen molar-refractivity contribution in [2.45, 2.75) is 75.1 Å². The second kappa shape index (κ2) is 10.7. The number of rotatable bonds is 3. The van der Waals surface area contributed by atoms with Crippen LogP contribution in [0.1, 0.15) is 32.8 Å². The van der Waals surface area contributed by atoms with Crippen molar-refractivity contribution in [3.8, 4) is 11.1 Å². The number of thioether (sulfide) groups is 1. The molecular formula is C31H33F4N5O3S. The number of morpholine rings is 1. The van der Waals surface area contributed by atoms with Crippen LogP contribution in [0.15, 0.2) is 40.0 Å². The van der Waals surface area contributed by atoms with Crippen molar-refractivity contribution in [2.75, 3.05) is 36.9 Å². The Morgan fingerprint density at radius 2 is 1.80 bits per heavy atom. The Hall–Kier alpha value is -3.16. The molecule has 4 aliphatic rings. The molecule has 1 amide bonds. The van der Waals surface area contributed by atoms with Gasteiger partial charge in [-0.1, -0.05) is 12.1 Å². The molecule has 2 aromatic carbocycles. The van der Waals surface area contributed by atoms with Crippen LogP contribution in [0.3, 0.4) is 0 Å².